The molecule has 0 aliphatic carbocycles. The fraction of sp³-hybridized carbons (Fsp3) is 0.111. The second kappa shape index (κ2) is 7.39. The van der Waals surface area contributed by atoms with E-state index in [9.17, 15) is 9.59 Å². The smallest absolute Gasteiger partial charge is 0.261 e. The van der Waals surface area contributed by atoms with Crippen LogP contribution in [-0.4, -0.2) is 28.8 Å². The molecular formula is C18H16N4O3. The summed E-state index contributed by atoms with van der Waals surface area (Å²) >= 11 is 0. The summed E-state index contributed by atoms with van der Waals surface area (Å²) in [5.74, 6) is 0.327. The summed E-state index contributed by atoms with van der Waals surface area (Å²) in [4.78, 5) is 28.4. The largest absolute Gasteiger partial charge is 0.497 e. The molecule has 0 saturated heterocycles. The molecule has 0 fully saturated rings. The molecule has 1 aromatic heterocycles. The van der Waals surface area contributed by atoms with Crippen LogP contribution in [0.25, 0.3) is 10.9 Å². The van der Waals surface area contributed by atoms with Crippen molar-refractivity contribution in [3.8, 4) is 5.75 Å². The molecule has 0 saturated carbocycles. The summed E-state index contributed by atoms with van der Waals surface area (Å²) in [6.45, 7) is -0.156. The zero-order valence-electron chi connectivity index (χ0n) is 13.5. The maximum Gasteiger partial charge on any atom is 0.261 e. The van der Waals surface area contributed by atoms with Crippen LogP contribution >= 0.6 is 0 Å². The van der Waals surface area contributed by atoms with E-state index in [0.717, 1.165) is 11.3 Å². The number of para-hydroxylation sites is 1. The Morgan fingerprint density at radius 3 is 2.76 bits per heavy atom. The minimum Gasteiger partial charge on any atom is -0.497 e. The maximum atomic E-state index is 12.3. The van der Waals surface area contributed by atoms with Crippen LogP contribution in [0.15, 0.2) is 64.8 Å². The number of nitrogens with zero attached hydrogens (tertiary/aromatic N) is 3. The number of methoxy groups -OCH3 is 1. The van der Waals surface area contributed by atoms with Gasteiger partial charge in [-0.15, -0.1) is 0 Å². The zero-order chi connectivity index (χ0) is 17.6. The maximum absolute atomic E-state index is 12.3. The molecule has 3 aromatic rings. The predicted molar refractivity (Wildman–Crippen MR) is 94.7 cm³/mol. The molecule has 0 aliphatic rings. The van der Waals surface area contributed by atoms with E-state index in [1.165, 1.54) is 17.1 Å². The van der Waals surface area contributed by atoms with E-state index in [2.05, 4.69) is 15.5 Å². The molecule has 0 aliphatic heterocycles. The lowest BCUT2D eigenvalue weighted by atomic mass is 10.2. The Morgan fingerprint density at radius 2 is 2.00 bits per heavy atom. The highest BCUT2D eigenvalue weighted by atomic mass is 16.5. The summed E-state index contributed by atoms with van der Waals surface area (Å²) in [6.07, 6.45) is 2.87. The van der Waals surface area contributed by atoms with Gasteiger partial charge in [-0.05, 0) is 42.0 Å². The first-order valence-electron chi connectivity index (χ1n) is 7.57. The van der Waals surface area contributed by atoms with Crippen molar-refractivity contribution in [3.63, 3.8) is 0 Å². The lowest BCUT2D eigenvalue weighted by molar-refractivity contribution is -0.121. The molecule has 0 bridgehead atoms. The van der Waals surface area contributed by atoms with Gasteiger partial charge in [-0.25, -0.2) is 10.4 Å². The third kappa shape index (κ3) is 3.89. The second-order valence-electron chi connectivity index (χ2n) is 5.26. The van der Waals surface area contributed by atoms with Crippen LogP contribution in [0.5, 0.6) is 5.75 Å². The number of aromatic nitrogens is 2. The molecule has 1 amide bonds. The average Bonchev–Trinajstić information content (AvgIpc) is 2.65. The Kier molecular flexibility index (Phi) is 4.84. The van der Waals surface area contributed by atoms with Crippen LogP contribution in [-0.2, 0) is 11.3 Å². The van der Waals surface area contributed by atoms with E-state index < -0.39 is 5.91 Å². The van der Waals surface area contributed by atoms with Crippen molar-refractivity contribution >= 4 is 23.0 Å². The predicted octanol–water partition coefficient (Wildman–Crippen LogP) is 1.56. The van der Waals surface area contributed by atoms with Crippen LogP contribution in [0, 0.1) is 0 Å². The first kappa shape index (κ1) is 16.4. The Labute approximate surface area is 143 Å². The highest BCUT2D eigenvalue weighted by Crippen LogP contribution is 2.09. The number of amides is 1. The Morgan fingerprint density at radius 1 is 1.24 bits per heavy atom. The molecule has 3 rings (SSSR count). The van der Waals surface area contributed by atoms with Gasteiger partial charge in [0.25, 0.3) is 11.5 Å². The van der Waals surface area contributed by atoms with Gasteiger partial charge in [0.15, 0.2) is 0 Å². The number of nitrogens with one attached hydrogen (secondary N) is 1. The number of benzene rings is 2. The standard InChI is InChI=1S/C18H16N4O3/c1-25-14-8-6-13(7-9-14)10-20-21-17(23)11-22-12-19-16-5-3-2-4-15(16)18(22)24/h2-10,12H,11H2,1H3,(H,21,23). The molecule has 1 N–H and O–H groups in total. The van der Waals surface area contributed by atoms with Crippen molar-refractivity contribution in [2.24, 2.45) is 5.10 Å². The van der Waals surface area contributed by atoms with Crippen molar-refractivity contribution in [1.82, 2.24) is 15.0 Å². The lowest BCUT2D eigenvalue weighted by Crippen LogP contribution is -2.30. The average molecular weight is 336 g/mol. The molecule has 0 spiro atoms. The first-order chi connectivity index (χ1) is 12.2. The van der Waals surface area contributed by atoms with Crippen molar-refractivity contribution in [1.29, 1.82) is 0 Å². The third-order valence-electron chi connectivity index (χ3n) is 3.56. The minimum absolute atomic E-state index is 0.156. The highest BCUT2D eigenvalue weighted by molar-refractivity contribution is 5.82. The van der Waals surface area contributed by atoms with Crippen molar-refractivity contribution < 1.29 is 9.53 Å². The number of fused-ring (bicyclic) bond motifs is 1. The van der Waals surface area contributed by atoms with Crippen LogP contribution < -0.4 is 15.7 Å². The number of carbonyl (C=O) groups excluding carboxylic acids is 1. The van der Waals surface area contributed by atoms with E-state index in [1.54, 1.807) is 43.5 Å². The number of ether oxygens (including phenoxy) is 1. The molecule has 0 radical (unpaired) electrons. The number of hydrazone groups is 1. The normalized spacial score (nSPS) is 10.9. The molecule has 1 heterocycles. The fourth-order valence-electron chi connectivity index (χ4n) is 2.28. The van der Waals surface area contributed by atoms with Gasteiger partial charge in [0.2, 0.25) is 0 Å². The SMILES string of the molecule is COc1ccc(C=NNC(=O)Cn2cnc3ccccc3c2=O)cc1. The van der Waals surface area contributed by atoms with Crippen LogP contribution in [0.3, 0.4) is 0 Å². The van der Waals surface area contributed by atoms with E-state index in [-0.39, 0.29) is 12.1 Å². The van der Waals surface area contributed by atoms with Gasteiger partial charge in [-0.1, -0.05) is 12.1 Å². The Balaban J connectivity index is 1.65. The van der Waals surface area contributed by atoms with E-state index in [0.29, 0.717) is 10.9 Å². The van der Waals surface area contributed by atoms with Crippen LogP contribution in [0.2, 0.25) is 0 Å². The summed E-state index contributed by atoms with van der Waals surface area (Å²) in [5, 5.41) is 4.36. The van der Waals surface area contributed by atoms with Crippen LogP contribution in [0.1, 0.15) is 5.56 Å². The molecule has 0 atom stereocenters. The van der Waals surface area contributed by atoms with E-state index >= 15 is 0 Å². The van der Waals surface area contributed by atoms with Crippen LogP contribution in [0.4, 0.5) is 0 Å². The van der Waals surface area contributed by atoms with Gasteiger partial charge in [0.1, 0.15) is 12.3 Å². The topological polar surface area (TPSA) is 85.6 Å². The van der Waals surface area contributed by atoms with Gasteiger partial charge >= 0.3 is 0 Å². The number of carbonyl (C=O) groups is 1. The number of hydrogen-bond acceptors (Lipinski definition) is 5. The molecule has 25 heavy (non-hydrogen) atoms. The second-order valence-corrected chi connectivity index (χ2v) is 5.26. The Hall–Kier alpha value is -3.48. The van der Waals surface area contributed by atoms with Gasteiger partial charge in [-0.2, -0.15) is 5.10 Å². The summed E-state index contributed by atoms with van der Waals surface area (Å²) in [7, 11) is 1.59. The summed E-state index contributed by atoms with van der Waals surface area (Å²) < 4.78 is 6.32. The fourth-order valence-corrected chi connectivity index (χ4v) is 2.28. The molecule has 7 heteroatoms. The van der Waals surface area contributed by atoms with Gasteiger partial charge in [-0.3, -0.25) is 14.2 Å². The summed E-state index contributed by atoms with van der Waals surface area (Å²) in [5.41, 5.74) is 3.54. The third-order valence-corrected chi connectivity index (χ3v) is 3.56. The molecule has 126 valence electrons. The monoisotopic (exact) mass is 336 g/mol. The molecule has 0 unspecified atom stereocenters. The van der Waals surface area contributed by atoms with Crippen molar-refractivity contribution in [3.05, 3.63) is 70.8 Å². The van der Waals surface area contributed by atoms with Crippen molar-refractivity contribution in [2.75, 3.05) is 7.11 Å². The van der Waals surface area contributed by atoms with Gasteiger partial charge in [0.05, 0.1) is 30.6 Å². The molecule has 2 aromatic carbocycles. The summed E-state index contributed by atoms with van der Waals surface area (Å²) in [6, 6.07) is 14.2. The quantitative estimate of drug-likeness (QED) is 0.566. The van der Waals surface area contributed by atoms with Crippen molar-refractivity contribution in [2.45, 2.75) is 6.54 Å². The van der Waals surface area contributed by atoms with Gasteiger partial charge in [0, 0.05) is 0 Å². The lowest BCUT2D eigenvalue weighted by Gasteiger charge is -2.05. The van der Waals surface area contributed by atoms with E-state index in [4.69, 9.17) is 4.74 Å². The molecular weight excluding hydrogens is 320 g/mol. The Bertz CT molecular complexity index is 978. The minimum atomic E-state index is -0.413. The highest BCUT2D eigenvalue weighted by Gasteiger charge is 2.07. The molecule has 7 nitrogen and oxygen atoms in total. The van der Waals surface area contributed by atoms with Gasteiger partial charge < -0.3 is 4.74 Å². The number of hydrogen-bond donors (Lipinski definition) is 1. The number of rotatable bonds is 5. The van der Waals surface area contributed by atoms with E-state index in [1.807, 2.05) is 12.1 Å². The first-order valence-corrected chi connectivity index (χ1v) is 7.57. The zero-order valence-corrected chi connectivity index (χ0v) is 13.5.